The van der Waals surface area contributed by atoms with Gasteiger partial charge in [-0.25, -0.2) is 13.2 Å². The fraction of sp³-hybridized carbons (Fsp3) is 0.455. The number of benzene rings is 1. The third-order valence-electron chi connectivity index (χ3n) is 2.82. The predicted molar refractivity (Wildman–Crippen MR) is 58.6 cm³/mol. The van der Waals surface area contributed by atoms with Gasteiger partial charge in [-0.05, 0) is 41.4 Å². The van der Waals surface area contributed by atoms with E-state index in [1.807, 2.05) is 0 Å². The van der Waals surface area contributed by atoms with E-state index in [0.29, 0.717) is 0 Å². The number of halogens is 4. The summed E-state index contributed by atoms with van der Waals surface area (Å²) in [7, 11) is 0. The van der Waals surface area contributed by atoms with Crippen LogP contribution in [0.3, 0.4) is 0 Å². The molecule has 0 spiro atoms. The molecule has 1 atom stereocenters. The Kier molecular flexibility index (Phi) is 3.54. The summed E-state index contributed by atoms with van der Waals surface area (Å²) in [6.07, 6.45) is 2.74. The van der Waals surface area contributed by atoms with Crippen molar-refractivity contribution in [2.24, 2.45) is 0 Å². The zero-order chi connectivity index (χ0) is 11.7. The molecule has 0 radical (unpaired) electrons. The summed E-state index contributed by atoms with van der Waals surface area (Å²) in [4.78, 5) is 0. The van der Waals surface area contributed by atoms with Crippen LogP contribution in [-0.4, -0.2) is 6.54 Å². The third kappa shape index (κ3) is 2.11. The minimum Gasteiger partial charge on any atom is -0.310 e. The molecule has 0 amide bonds. The molecular formula is C11H11BrF3N. The second kappa shape index (κ2) is 4.75. The Morgan fingerprint density at radius 3 is 2.50 bits per heavy atom. The lowest BCUT2D eigenvalue weighted by Gasteiger charge is -2.24. The van der Waals surface area contributed by atoms with E-state index < -0.39 is 17.5 Å². The second-order valence-electron chi connectivity index (χ2n) is 3.89. The molecule has 0 saturated carbocycles. The van der Waals surface area contributed by atoms with E-state index in [1.54, 1.807) is 0 Å². The van der Waals surface area contributed by atoms with Crippen molar-refractivity contribution < 1.29 is 13.2 Å². The molecule has 2 rings (SSSR count). The molecule has 16 heavy (non-hydrogen) atoms. The van der Waals surface area contributed by atoms with E-state index in [9.17, 15) is 13.2 Å². The van der Waals surface area contributed by atoms with E-state index >= 15 is 0 Å². The highest BCUT2D eigenvalue weighted by molar-refractivity contribution is 9.10. The number of piperidine rings is 1. The summed E-state index contributed by atoms with van der Waals surface area (Å²) >= 11 is 2.89. The smallest absolute Gasteiger partial charge is 0.195 e. The molecule has 0 aliphatic carbocycles. The van der Waals surface area contributed by atoms with Gasteiger partial charge in [-0.2, -0.15) is 0 Å². The number of hydrogen-bond donors (Lipinski definition) is 1. The molecule has 1 aliphatic heterocycles. The summed E-state index contributed by atoms with van der Waals surface area (Å²) in [5.74, 6) is -3.66. The van der Waals surface area contributed by atoms with Gasteiger partial charge < -0.3 is 5.32 Å². The van der Waals surface area contributed by atoms with E-state index in [1.165, 1.54) is 6.07 Å². The van der Waals surface area contributed by atoms with Crippen molar-refractivity contribution in [1.29, 1.82) is 0 Å². The van der Waals surface area contributed by atoms with E-state index in [0.717, 1.165) is 25.8 Å². The molecule has 1 saturated heterocycles. The molecule has 1 N–H and O–H groups in total. The molecule has 1 heterocycles. The van der Waals surface area contributed by atoms with Crippen LogP contribution in [0.15, 0.2) is 10.5 Å². The maximum atomic E-state index is 13.6. The van der Waals surface area contributed by atoms with Gasteiger partial charge in [-0.15, -0.1) is 0 Å². The first-order chi connectivity index (χ1) is 7.61. The average molecular weight is 294 g/mol. The zero-order valence-corrected chi connectivity index (χ0v) is 10.1. The van der Waals surface area contributed by atoms with E-state index in [4.69, 9.17) is 0 Å². The summed E-state index contributed by atoms with van der Waals surface area (Å²) in [6.45, 7) is 0.778. The third-order valence-corrected chi connectivity index (χ3v) is 3.39. The largest absolute Gasteiger partial charge is 0.310 e. The number of rotatable bonds is 1. The highest BCUT2D eigenvalue weighted by Crippen LogP contribution is 2.31. The Bertz CT molecular complexity index is 403. The quantitative estimate of drug-likeness (QED) is 0.615. The molecule has 88 valence electrons. The number of hydrogen-bond acceptors (Lipinski definition) is 1. The van der Waals surface area contributed by atoms with Crippen LogP contribution in [0.1, 0.15) is 30.9 Å². The standard InChI is InChI=1S/C11H11BrF3N/c12-7-5-6(8-3-1-2-4-16-8)9(13)11(15)10(7)14/h5,8,16H,1-4H2. The lowest BCUT2D eigenvalue weighted by atomic mass is 9.97. The van der Waals surface area contributed by atoms with E-state index in [-0.39, 0.29) is 16.1 Å². The van der Waals surface area contributed by atoms with Crippen LogP contribution in [0.25, 0.3) is 0 Å². The summed E-state index contributed by atoms with van der Waals surface area (Å²) < 4.78 is 39.8. The van der Waals surface area contributed by atoms with Crippen LogP contribution in [0.4, 0.5) is 13.2 Å². The molecule has 0 bridgehead atoms. The lowest BCUT2D eigenvalue weighted by Crippen LogP contribution is -2.28. The van der Waals surface area contributed by atoms with Crippen LogP contribution in [0, 0.1) is 17.5 Å². The molecule has 1 aliphatic rings. The van der Waals surface area contributed by atoms with Crippen molar-refractivity contribution in [2.75, 3.05) is 6.54 Å². The van der Waals surface area contributed by atoms with Gasteiger partial charge in [0.15, 0.2) is 17.5 Å². The van der Waals surface area contributed by atoms with Gasteiger partial charge >= 0.3 is 0 Å². The fourth-order valence-corrected chi connectivity index (χ4v) is 2.38. The maximum Gasteiger partial charge on any atom is 0.195 e. The SMILES string of the molecule is Fc1c(Br)cc(C2CCCCN2)c(F)c1F. The molecule has 1 fully saturated rings. The topological polar surface area (TPSA) is 12.0 Å². The van der Waals surface area contributed by atoms with Crippen LogP contribution in [0.2, 0.25) is 0 Å². The first-order valence-corrected chi connectivity index (χ1v) is 5.97. The van der Waals surface area contributed by atoms with Gasteiger partial charge in [-0.3, -0.25) is 0 Å². The van der Waals surface area contributed by atoms with Crippen LogP contribution in [-0.2, 0) is 0 Å². The molecule has 1 unspecified atom stereocenters. The molecule has 0 aromatic heterocycles. The zero-order valence-electron chi connectivity index (χ0n) is 8.49. The van der Waals surface area contributed by atoms with Gasteiger partial charge in [0.25, 0.3) is 0 Å². The molecule has 1 nitrogen and oxygen atoms in total. The molecular weight excluding hydrogens is 283 g/mol. The van der Waals surface area contributed by atoms with Crippen molar-refractivity contribution in [1.82, 2.24) is 5.32 Å². The average Bonchev–Trinajstić information content (AvgIpc) is 2.32. The second-order valence-corrected chi connectivity index (χ2v) is 4.75. The number of nitrogens with one attached hydrogen (secondary N) is 1. The van der Waals surface area contributed by atoms with Crippen molar-refractivity contribution in [3.8, 4) is 0 Å². The van der Waals surface area contributed by atoms with Crippen molar-refractivity contribution >= 4 is 15.9 Å². The van der Waals surface area contributed by atoms with Crippen LogP contribution >= 0.6 is 15.9 Å². The van der Waals surface area contributed by atoms with E-state index in [2.05, 4.69) is 21.2 Å². The molecule has 1 aromatic carbocycles. The highest BCUT2D eigenvalue weighted by Gasteiger charge is 2.24. The van der Waals surface area contributed by atoms with Gasteiger partial charge in [0.2, 0.25) is 0 Å². The fourth-order valence-electron chi connectivity index (χ4n) is 1.96. The van der Waals surface area contributed by atoms with Crippen molar-refractivity contribution in [2.45, 2.75) is 25.3 Å². The van der Waals surface area contributed by atoms with Gasteiger partial charge in [-0.1, -0.05) is 6.42 Å². The summed E-state index contributed by atoms with van der Waals surface area (Å²) in [5, 5.41) is 3.10. The Labute approximate surface area is 100 Å². The lowest BCUT2D eigenvalue weighted by molar-refractivity contribution is 0.380. The molecule has 1 aromatic rings. The summed E-state index contributed by atoms with van der Waals surface area (Å²) in [5.41, 5.74) is 0.200. The minimum atomic E-state index is -1.41. The van der Waals surface area contributed by atoms with Gasteiger partial charge in [0.05, 0.1) is 4.47 Å². The first kappa shape index (κ1) is 11.9. The van der Waals surface area contributed by atoms with Crippen LogP contribution < -0.4 is 5.32 Å². The van der Waals surface area contributed by atoms with Gasteiger partial charge in [0, 0.05) is 11.6 Å². The normalized spacial score (nSPS) is 21.1. The Morgan fingerprint density at radius 2 is 1.88 bits per heavy atom. The predicted octanol–water partition coefficient (Wildman–Crippen LogP) is 3.68. The first-order valence-electron chi connectivity index (χ1n) is 5.17. The van der Waals surface area contributed by atoms with Crippen molar-refractivity contribution in [3.63, 3.8) is 0 Å². The maximum absolute atomic E-state index is 13.6. The Morgan fingerprint density at radius 1 is 1.12 bits per heavy atom. The Hall–Kier alpha value is -0.550. The Balaban J connectivity index is 2.40. The summed E-state index contributed by atoms with van der Waals surface area (Å²) in [6, 6.07) is 1.09. The minimum absolute atomic E-state index is 0.0335. The monoisotopic (exact) mass is 293 g/mol. The molecule has 5 heteroatoms. The van der Waals surface area contributed by atoms with Gasteiger partial charge in [0.1, 0.15) is 0 Å². The highest BCUT2D eigenvalue weighted by atomic mass is 79.9. The van der Waals surface area contributed by atoms with Crippen molar-refractivity contribution in [3.05, 3.63) is 33.6 Å². The van der Waals surface area contributed by atoms with Crippen LogP contribution in [0.5, 0.6) is 0 Å².